The second-order valence-electron chi connectivity index (χ2n) is 5.38. The Kier molecular flexibility index (Phi) is 6.37. The molecule has 0 aromatic heterocycles. The summed E-state index contributed by atoms with van der Waals surface area (Å²) < 4.78 is 0. The maximum atomic E-state index is 3.54. The van der Waals surface area contributed by atoms with Crippen LogP contribution in [0, 0.1) is 0 Å². The van der Waals surface area contributed by atoms with Crippen LogP contribution in [0.1, 0.15) is 58.8 Å². The van der Waals surface area contributed by atoms with Gasteiger partial charge in [-0.15, -0.1) is 0 Å². The summed E-state index contributed by atoms with van der Waals surface area (Å²) in [5.41, 5.74) is 0. The Balaban J connectivity index is 2.62. The van der Waals surface area contributed by atoms with Crippen LogP contribution in [0.15, 0.2) is 0 Å². The average molecular weight is 226 g/mol. The van der Waals surface area contributed by atoms with Crippen molar-refractivity contribution < 1.29 is 0 Å². The monoisotopic (exact) mass is 226 g/mol. The fourth-order valence-electron chi connectivity index (χ4n) is 2.90. The van der Waals surface area contributed by atoms with Gasteiger partial charge in [0.15, 0.2) is 0 Å². The van der Waals surface area contributed by atoms with Gasteiger partial charge in [-0.25, -0.2) is 0 Å². The zero-order chi connectivity index (χ0) is 12.0. The van der Waals surface area contributed by atoms with E-state index < -0.39 is 0 Å². The third-order valence-corrected chi connectivity index (χ3v) is 4.41. The molecule has 96 valence electrons. The van der Waals surface area contributed by atoms with Crippen molar-refractivity contribution in [1.29, 1.82) is 0 Å². The Hall–Kier alpha value is -0.0800. The molecule has 0 aromatic carbocycles. The van der Waals surface area contributed by atoms with E-state index in [1.165, 1.54) is 44.9 Å². The molecule has 0 bridgehead atoms. The van der Waals surface area contributed by atoms with Gasteiger partial charge in [0.25, 0.3) is 0 Å². The molecular formula is C14H30N2. The minimum atomic E-state index is 0.694. The zero-order valence-corrected chi connectivity index (χ0v) is 11.6. The standard InChI is InChI=1S/C14H30N2/c1-5-12(2)16(4)14-11-9-7-6-8-10-13(14)15-3/h12-15H,5-11H2,1-4H3. The number of rotatable bonds is 4. The van der Waals surface area contributed by atoms with Gasteiger partial charge in [0.1, 0.15) is 0 Å². The van der Waals surface area contributed by atoms with Crippen molar-refractivity contribution in [1.82, 2.24) is 10.2 Å². The van der Waals surface area contributed by atoms with Gasteiger partial charge >= 0.3 is 0 Å². The largest absolute Gasteiger partial charge is 0.315 e. The van der Waals surface area contributed by atoms with Gasteiger partial charge in [0, 0.05) is 18.1 Å². The first kappa shape index (κ1) is 14.0. The second kappa shape index (κ2) is 7.29. The van der Waals surface area contributed by atoms with E-state index in [4.69, 9.17) is 0 Å². The van der Waals surface area contributed by atoms with Crippen LogP contribution in [0.25, 0.3) is 0 Å². The van der Waals surface area contributed by atoms with Gasteiger partial charge in [-0.2, -0.15) is 0 Å². The first-order valence-corrected chi connectivity index (χ1v) is 7.09. The summed E-state index contributed by atoms with van der Waals surface area (Å²) in [7, 11) is 4.44. The van der Waals surface area contributed by atoms with E-state index in [1.807, 2.05) is 0 Å². The summed E-state index contributed by atoms with van der Waals surface area (Å²) >= 11 is 0. The Morgan fingerprint density at radius 2 is 1.81 bits per heavy atom. The SMILES string of the molecule is CCC(C)N(C)C1CCCCCCC1NC. The fourth-order valence-corrected chi connectivity index (χ4v) is 2.90. The molecule has 16 heavy (non-hydrogen) atoms. The van der Waals surface area contributed by atoms with Gasteiger partial charge in [0.2, 0.25) is 0 Å². The van der Waals surface area contributed by atoms with Gasteiger partial charge < -0.3 is 5.32 Å². The Labute approximate surface area is 102 Å². The zero-order valence-electron chi connectivity index (χ0n) is 11.6. The summed E-state index contributed by atoms with van der Waals surface area (Å²) in [6, 6.07) is 2.14. The van der Waals surface area contributed by atoms with Crippen molar-refractivity contribution in [2.75, 3.05) is 14.1 Å². The lowest BCUT2D eigenvalue weighted by molar-refractivity contribution is 0.125. The third-order valence-electron chi connectivity index (χ3n) is 4.41. The van der Waals surface area contributed by atoms with Crippen molar-refractivity contribution in [3.63, 3.8) is 0 Å². The predicted molar refractivity (Wildman–Crippen MR) is 71.9 cm³/mol. The lowest BCUT2D eigenvalue weighted by Gasteiger charge is -2.39. The summed E-state index contributed by atoms with van der Waals surface area (Å²) in [4.78, 5) is 2.60. The van der Waals surface area contributed by atoms with E-state index in [0.717, 1.165) is 6.04 Å². The quantitative estimate of drug-likeness (QED) is 0.792. The van der Waals surface area contributed by atoms with Crippen LogP contribution < -0.4 is 5.32 Å². The number of nitrogens with one attached hydrogen (secondary N) is 1. The van der Waals surface area contributed by atoms with Gasteiger partial charge in [-0.3, -0.25) is 4.90 Å². The average Bonchev–Trinajstić information content (AvgIpc) is 2.27. The topological polar surface area (TPSA) is 15.3 Å². The highest BCUT2D eigenvalue weighted by molar-refractivity contribution is 4.85. The van der Waals surface area contributed by atoms with Crippen molar-refractivity contribution in [2.24, 2.45) is 0 Å². The fraction of sp³-hybridized carbons (Fsp3) is 1.00. The highest BCUT2D eigenvalue weighted by Crippen LogP contribution is 2.23. The molecule has 3 unspecified atom stereocenters. The van der Waals surface area contributed by atoms with Gasteiger partial charge in [0.05, 0.1) is 0 Å². The Morgan fingerprint density at radius 1 is 1.19 bits per heavy atom. The Bertz CT molecular complexity index is 180. The predicted octanol–water partition coefficient (Wildman–Crippen LogP) is 3.03. The molecule has 3 atom stereocenters. The van der Waals surface area contributed by atoms with Crippen LogP contribution >= 0.6 is 0 Å². The third kappa shape index (κ3) is 3.74. The van der Waals surface area contributed by atoms with E-state index in [0.29, 0.717) is 12.1 Å². The lowest BCUT2D eigenvalue weighted by Crippen LogP contribution is -2.50. The highest BCUT2D eigenvalue weighted by Gasteiger charge is 2.26. The molecule has 2 nitrogen and oxygen atoms in total. The first-order valence-electron chi connectivity index (χ1n) is 7.09. The van der Waals surface area contributed by atoms with Crippen molar-refractivity contribution in [3.8, 4) is 0 Å². The van der Waals surface area contributed by atoms with Crippen LogP contribution in [-0.2, 0) is 0 Å². The van der Waals surface area contributed by atoms with Gasteiger partial charge in [-0.1, -0.05) is 32.6 Å². The normalized spacial score (nSPS) is 29.8. The maximum absolute atomic E-state index is 3.54. The molecule has 0 heterocycles. The summed E-state index contributed by atoms with van der Waals surface area (Å²) in [6.45, 7) is 4.64. The number of hydrogen-bond acceptors (Lipinski definition) is 2. The van der Waals surface area contributed by atoms with Gasteiger partial charge in [-0.05, 0) is 40.3 Å². The van der Waals surface area contributed by atoms with Crippen molar-refractivity contribution in [2.45, 2.75) is 76.9 Å². The molecule has 1 N–H and O–H groups in total. The number of likely N-dealkylation sites (N-methyl/N-ethyl adjacent to an activating group) is 2. The van der Waals surface area contributed by atoms with E-state index in [-0.39, 0.29) is 0 Å². The van der Waals surface area contributed by atoms with Crippen LogP contribution in [-0.4, -0.2) is 37.1 Å². The summed E-state index contributed by atoms with van der Waals surface area (Å²) in [5.74, 6) is 0. The van der Waals surface area contributed by atoms with Crippen LogP contribution in [0.2, 0.25) is 0 Å². The molecule has 0 radical (unpaired) electrons. The molecule has 1 saturated carbocycles. The number of nitrogens with zero attached hydrogens (tertiary/aromatic N) is 1. The van der Waals surface area contributed by atoms with Crippen molar-refractivity contribution >= 4 is 0 Å². The molecule has 1 aliphatic rings. The van der Waals surface area contributed by atoms with Crippen LogP contribution in [0.3, 0.4) is 0 Å². The maximum Gasteiger partial charge on any atom is 0.0248 e. The van der Waals surface area contributed by atoms with E-state index >= 15 is 0 Å². The van der Waals surface area contributed by atoms with E-state index in [1.54, 1.807) is 0 Å². The second-order valence-corrected chi connectivity index (χ2v) is 5.38. The molecule has 0 aromatic rings. The van der Waals surface area contributed by atoms with E-state index in [2.05, 4.69) is 38.2 Å². The molecule has 1 aliphatic carbocycles. The van der Waals surface area contributed by atoms with Crippen molar-refractivity contribution in [3.05, 3.63) is 0 Å². The molecule has 1 fully saturated rings. The molecule has 0 amide bonds. The highest BCUT2D eigenvalue weighted by atomic mass is 15.2. The first-order chi connectivity index (χ1) is 7.70. The Morgan fingerprint density at radius 3 is 2.38 bits per heavy atom. The van der Waals surface area contributed by atoms with Crippen LogP contribution in [0.4, 0.5) is 0 Å². The molecule has 0 saturated heterocycles. The molecular weight excluding hydrogens is 196 g/mol. The summed E-state index contributed by atoms with van der Waals surface area (Å²) in [5, 5.41) is 3.54. The van der Waals surface area contributed by atoms with E-state index in [9.17, 15) is 0 Å². The molecule has 1 rings (SSSR count). The minimum absolute atomic E-state index is 0.694. The summed E-state index contributed by atoms with van der Waals surface area (Å²) in [6.07, 6.45) is 9.64. The molecule has 0 aliphatic heterocycles. The lowest BCUT2D eigenvalue weighted by atomic mass is 9.90. The van der Waals surface area contributed by atoms with Crippen LogP contribution in [0.5, 0.6) is 0 Å². The molecule has 2 heteroatoms. The number of hydrogen-bond donors (Lipinski definition) is 1. The minimum Gasteiger partial charge on any atom is -0.315 e. The smallest absolute Gasteiger partial charge is 0.0248 e. The molecule has 0 spiro atoms.